The third-order valence-electron chi connectivity index (χ3n) is 3.76. The molecule has 0 aromatic heterocycles. The minimum atomic E-state index is -1.94. The highest BCUT2D eigenvalue weighted by Gasteiger charge is 2.51. The SMILES string of the molecule is C[Si](C)(C)OCC1OC(O)C(O[Si](C)(C)C)[C@@H](O[Si](C)(C)C)[C@@H]1O[Si](C)(C)C. The van der Waals surface area contributed by atoms with Gasteiger partial charge >= 0.3 is 0 Å². The first-order valence-electron chi connectivity index (χ1n) is 10.3. The van der Waals surface area contributed by atoms with E-state index in [1.54, 1.807) is 0 Å². The number of hydrogen-bond donors (Lipinski definition) is 1. The average Bonchev–Trinajstić information content (AvgIpc) is 2.39. The van der Waals surface area contributed by atoms with Crippen molar-refractivity contribution in [2.75, 3.05) is 6.61 Å². The van der Waals surface area contributed by atoms with E-state index in [0.717, 1.165) is 0 Å². The van der Waals surface area contributed by atoms with E-state index in [9.17, 15) is 5.11 Å². The fraction of sp³-hybridized carbons (Fsp3) is 1.00. The molecule has 1 saturated heterocycles. The quantitative estimate of drug-likeness (QED) is 0.511. The molecule has 1 fully saturated rings. The van der Waals surface area contributed by atoms with Crippen molar-refractivity contribution < 1.29 is 27.5 Å². The summed E-state index contributed by atoms with van der Waals surface area (Å²) in [6.07, 6.45) is -2.67. The molecule has 0 aliphatic carbocycles. The van der Waals surface area contributed by atoms with E-state index in [2.05, 4.69) is 78.6 Å². The van der Waals surface area contributed by atoms with Crippen LogP contribution in [0.4, 0.5) is 0 Å². The van der Waals surface area contributed by atoms with Crippen molar-refractivity contribution in [2.45, 2.75) is 109 Å². The van der Waals surface area contributed by atoms with E-state index in [4.69, 9.17) is 22.4 Å². The van der Waals surface area contributed by atoms with Gasteiger partial charge in [-0.05, 0) is 78.6 Å². The predicted molar refractivity (Wildman–Crippen MR) is 125 cm³/mol. The average molecular weight is 469 g/mol. The Morgan fingerprint density at radius 3 is 1.39 bits per heavy atom. The Morgan fingerprint density at radius 2 is 1.00 bits per heavy atom. The van der Waals surface area contributed by atoms with Gasteiger partial charge in [-0.15, -0.1) is 0 Å². The molecule has 0 spiro atoms. The van der Waals surface area contributed by atoms with Crippen molar-refractivity contribution in [2.24, 2.45) is 0 Å². The van der Waals surface area contributed by atoms with Gasteiger partial charge in [-0.1, -0.05) is 0 Å². The van der Waals surface area contributed by atoms with Crippen molar-refractivity contribution in [1.82, 2.24) is 0 Å². The second kappa shape index (κ2) is 9.41. The lowest BCUT2D eigenvalue weighted by Gasteiger charge is -2.49. The molecule has 168 valence electrons. The molecule has 1 N–H and O–H groups in total. The Morgan fingerprint density at radius 1 is 0.607 bits per heavy atom. The van der Waals surface area contributed by atoms with E-state index in [1.807, 2.05) is 0 Å². The molecule has 6 nitrogen and oxygen atoms in total. The Bertz CT molecular complexity index is 492. The van der Waals surface area contributed by atoms with E-state index in [1.165, 1.54) is 0 Å². The maximum absolute atomic E-state index is 10.8. The summed E-state index contributed by atoms with van der Waals surface area (Å²) in [5.74, 6) is 0. The summed E-state index contributed by atoms with van der Waals surface area (Å²) in [7, 11) is -7.50. The zero-order valence-electron chi connectivity index (χ0n) is 20.1. The Kier molecular flexibility index (Phi) is 8.96. The Hall–Kier alpha value is 0.628. The predicted octanol–water partition coefficient (Wildman–Crippen LogP) is 4.22. The van der Waals surface area contributed by atoms with Gasteiger partial charge in [0, 0.05) is 0 Å². The second-order valence-electron chi connectivity index (χ2n) is 11.6. The van der Waals surface area contributed by atoms with Gasteiger partial charge in [-0.2, -0.15) is 0 Å². The lowest BCUT2D eigenvalue weighted by molar-refractivity contribution is -0.274. The first-order chi connectivity index (χ1) is 12.3. The van der Waals surface area contributed by atoms with Crippen molar-refractivity contribution in [3.05, 3.63) is 0 Å². The summed E-state index contributed by atoms with van der Waals surface area (Å²) in [6.45, 7) is 26.1. The van der Waals surface area contributed by atoms with E-state index < -0.39 is 45.7 Å². The van der Waals surface area contributed by atoms with Crippen molar-refractivity contribution >= 4 is 33.3 Å². The summed E-state index contributed by atoms with van der Waals surface area (Å²) in [5.41, 5.74) is 0. The van der Waals surface area contributed by atoms with Crippen LogP contribution in [0.25, 0.3) is 0 Å². The molecular weight excluding hydrogens is 425 g/mol. The van der Waals surface area contributed by atoms with Crippen LogP contribution in [0.1, 0.15) is 0 Å². The maximum atomic E-state index is 10.8. The minimum absolute atomic E-state index is 0.320. The third-order valence-corrected chi connectivity index (χ3v) is 7.73. The maximum Gasteiger partial charge on any atom is 0.184 e. The second-order valence-corrected chi connectivity index (χ2v) is 29.5. The molecule has 0 radical (unpaired) electrons. The summed E-state index contributed by atoms with van der Waals surface area (Å²) in [5, 5.41) is 10.8. The first-order valence-corrected chi connectivity index (χ1v) is 23.9. The molecule has 28 heavy (non-hydrogen) atoms. The summed E-state index contributed by atoms with van der Waals surface area (Å²) < 4.78 is 31.7. The van der Waals surface area contributed by atoms with E-state index >= 15 is 0 Å². The molecule has 1 heterocycles. The number of hydrogen-bond acceptors (Lipinski definition) is 6. The lowest BCUT2D eigenvalue weighted by atomic mass is 9.99. The number of rotatable bonds is 9. The van der Waals surface area contributed by atoms with Gasteiger partial charge in [-0.3, -0.25) is 0 Å². The van der Waals surface area contributed by atoms with Gasteiger partial charge in [-0.25, -0.2) is 0 Å². The smallest absolute Gasteiger partial charge is 0.184 e. The highest BCUT2D eigenvalue weighted by Crippen LogP contribution is 2.33. The summed E-state index contributed by atoms with van der Waals surface area (Å²) in [4.78, 5) is 0. The van der Waals surface area contributed by atoms with Crippen LogP contribution >= 0.6 is 0 Å². The van der Waals surface area contributed by atoms with E-state index in [0.29, 0.717) is 6.61 Å². The van der Waals surface area contributed by atoms with Gasteiger partial charge < -0.3 is 27.5 Å². The molecule has 0 bridgehead atoms. The van der Waals surface area contributed by atoms with Crippen LogP contribution in [0.3, 0.4) is 0 Å². The summed E-state index contributed by atoms with van der Waals surface area (Å²) >= 11 is 0. The fourth-order valence-corrected chi connectivity index (χ4v) is 6.91. The van der Waals surface area contributed by atoms with Crippen LogP contribution in [0.15, 0.2) is 0 Å². The molecule has 0 aromatic rings. The van der Waals surface area contributed by atoms with Gasteiger partial charge in [0.05, 0.1) is 6.61 Å². The summed E-state index contributed by atoms with van der Waals surface area (Å²) in [6, 6.07) is 0. The molecular formula is C18H44O6Si4. The Balaban J connectivity index is 3.26. The van der Waals surface area contributed by atoms with Gasteiger partial charge in [0.2, 0.25) is 0 Å². The molecule has 1 aliphatic rings. The molecule has 1 rings (SSSR count). The van der Waals surface area contributed by atoms with E-state index in [-0.39, 0.29) is 18.3 Å². The fourth-order valence-electron chi connectivity index (χ4n) is 2.99. The van der Waals surface area contributed by atoms with Crippen molar-refractivity contribution in [3.8, 4) is 0 Å². The van der Waals surface area contributed by atoms with Crippen LogP contribution in [0, 0.1) is 0 Å². The molecule has 10 heteroatoms. The topological polar surface area (TPSA) is 66.4 Å². The van der Waals surface area contributed by atoms with Crippen LogP contribution < -0.4 is 0 Å². The molecule has 5 atom stereocenters. The number of ether oxygens (including phenoxy) is 1. The third kappa shape index (κ3) is 10.1. The zero-order chi connectivity index (χ0) is 22.1. The number of aliphatic hydroxyl groups is 1. The normalized spacial score (nSPS) is 30.5. The van der Waals surface area contributed by atoms with Gasteiger partial charge in [0.25, 0.3) is 0 Å². The minimum Gasteiger partial charge on any atom is -0.415 e. The van der Waals surface area contributed by atoms with Crippen LogP contribution in [-0.2, 0) is 22.4 Å². The molecule has 0 amide bonds. The van der Waals surface area contributed by atoms with Gasteiger partial charge in [0.1, 0.15) is 24.4 Å². The Labute approximate surface area is 176 Å². The largest absolute Gasteiger partial charge is 0.415 e. The first kappa shape index (κ1) is 26.7. The number of aliphatic hydroxyl groups excluding tert-OH is 1. The molecule has 0 saturated carbocycles. The monoisotopic (exact) mass is 468 g/mol. The van der Waals surface area contributed by atoms with Crippen LogP contribution in [-0.4, -0.2) is 75.7 Å². The molecule has 0 aromatic carbocycles. The highest BCUT2D eigenvalue weighted by molar-refractivity contribution is 6.71. The highest BCUT2D eigenvalue weighted by atomic mass is 28.4. The van der Waals surface area contributed by atoms with Crippen LogP contribution in [0.2, 0.25) is 78.6 Å². The van der Waals surface area contributed by atoms with Gasteiger partial charge in [0.15, 0.2) is 39.6 Å². The van der Waals surface area contributed by atoms with Crippen LogP contribution in [0.5, 0.6) is 0 Å². The van der Waals surface area contributed by atoms with Crippen molar-refractivity contribution in [1.29, 1.82) is 0 Å². The molecule has 3 unspecified atom stereocenters. The standard InChI is InChI=1S/C18H44O6Si4/c1-25(2,3)20-13-14-15(22-26(4,5)6)16(23-27(7,8)9)17(18(19)21-14)24-28(10,11)12/h14-19H,13H2,1-12H3/t14?,15-,16+,17?,18?/m1/s1. The van der Waals surface area contributed by atoms with Crippen molar-refractivity contribution in [3.63, 3.8) is 0 Å². The zero-order valence-corrected chi connectivity index (χ0v) is 24.1. The lowest BCUT2D eigenvalue weighted by Crippen LogP contribution is -2.66. The molecule has 1 aliphatic heterocycles.